The summed E-state index contributed by atoms with van der Waals surface area (Å²) >= 11 is 18.0. The number of halogens is 3. The smallest absolute Gasteiger partial charge is 0.261 e. The summed E-state index contributed by atoms with van der Waals surface area (Å²) in [7, 11) is -8.02. The lowest BCUT2D eigenvalue weighted by atomic mass is 10.1. The van der Waals surface area contributed by atoms with Crippen molar-refractivity contribution in [2.45, 2.75) is 37.0 Å². The van der Waals surface area contributed by atoms with Crippen LogP contribution in [0.2, 0.25) is 15.1 Å². The summed E-state index contributed by atoms with van der Waals surface area (Å²) in [5.41, 5.74) is 3.83. The summed E-state index contributed by atoms with van der Waals surface area (Å²) in [4.78, 5) is 57.7. The van der Waals surface area contributed by atoms with Crippen LogP contribution in [0, 0.1) is 20.8 Å². The molecule has 0 bridgehead atoms. The Balaban J connectivity index is 0.000000181. The number of hydrogen-bond acceptors (Lipinski definition) is 13. The molecular formula is C39H29Cl3N10O6S2. The van der Waals surface area contributed by atoms with Gasteiger partial charge in [0.25, 0.3) is 20.0 Å². The maximum Gasteiger partial charge on any atom is 0.261 e. The van der Waals surface area contributed by atoms with E-state index in [1.807, 2.05) is 6.08 Å². The highest BCUT2D eigenvalue weighted by molar-refractivity contribution is 7.93. The van der Waals surface area contributed by atoms with E-state index in [4.69, 9.17) is 34.8 Å². The molecule has 0 amide bonds. The van der Waals surface area contributed by atoms with Crippen LogP contribution in [0.5, 0.6) is 0 Å². The van der Waals surface area contributed by atoms with Gasteiger partial charge in [0.2, 0.25) is 11.6 Å². The zero-order valence-corrected chi connectivity index (χ0v) is 35.3. The third-order valence-electron chi connectivity index (χ3n) is 8.89. The first kappa shape index (κ1) is 42.0. The van der Waals surface area contributed by atoms with Crippen molar-refractivity contribution < 1.29 is 26.4 Å². The molecular weight excluding hydrogens is 875 g/mol. The van der Waals surface area contributed by atoms with Crippen LogP contribution in [0.15, 0.2) is 95.8 Å². The Morgan fingerprint density at radius 3 is 1.85 bits per heavy atom. The Labute approximate surface area is 357 Å². The van der Waals surface area contributed by atoms with Crippen molar-refractivity contribution in [3.05, 3.63) is 152 Å². The van der Waals surface area contributed by atoms with Crippen LogP contribution in [0.25, 0.3) is 17.2 Å². The number of sulfonamides is 2. The molecule has 0 spiro atoms. The molecule has 5 aromatic heterocycles. The van der Waals surface area contributed by atoms with E-state index in [1.54, 1.807) is 26.8 Å². The summed E-state index contributed by atoms with van der Waals surface area (Å²) in [6.45, 7) is 5.14. The Morgan fingerprint density at radius 1 is 0.650 bits per heavy atom. The number of rotatable bonds is 10. The first-order valence-electron chi connectivity index (χ1n) is 17.5. The number of imidazole rings is 1. The lowest BCUT2D eigenvalue weighted by Crippen LogP contribution is -2.18. The first-order valence-corrected chi connectivity index (χ1v) is 21.6. The number of carbonyl (C=O) groups is 2. The van der Waals surface area contributed by atoms with Crippen molar-refractivity contribution in [2.75, 3.05) is 9.44 Å². The molecule has 0 atom stereocenters. The monoisotopic (exact) mass is 902 g/mol. The summed E-state index contributed by atoms with van der Waals surface area (Å²) in [5.74, 6) is -1.11. The SMILES string of the molecule is Cc1cc(S(=O)(=O)Nc2cc(Cl)cnc2C(=O)c2ncnc3c2C=CC3)ccc1Cl.Cc1cnc(C(=O)c2ncnc3nc[nH]c23)c(NS(=O)(=O)c2ccc(Cl)c(C)c2)c1. The summed E-state index contributed by atoms with van der Waals surface area (Å²) in [6.07, 6.45) is 10.9. The second-order valence-corrected chi connectivity index (χ2v) is 17.8. The van der Waals surface area contributed by atoms with Crippen molar-refractivity contribution in [3.63, 3.8) is 0 Å². The van der Waals surface area contributed by atoms with E-state index in [9.17, 15) is 26.4 Å². The van der Waals surface area contributed by atoms with Crippen LogP contribution >= 0.6 is 34.8 Å². The van der Waals surface area contributed by atoms with Gasteiger partial charge in [-0.15, -0.1) is 0 Å². The van der Waals surface area contributed by atoms with Gasteiger partial charge >= 0.3 is 0 Å². The molecule has 0 unspecified atom stereocenters. The third kappa shape index (κ3) is 8.73. The second kappa shape index (κ2) is 16.8. The normalized spacial score (nSPS) is 12.1. The van der Waals surface area contributed by atoms with Gasteiger partial charge in [0.05, 0.1) is 38.2 Å². The first-order chi connectivity index (χ1) is 28.5. The highest BCUT2D eigenvalue weighted by atomic mass is 35.5. The van der Waals surface area contributed by atoms with E-state index in [0.29, 0.717) is 49.9 Å². The van der Waals surface area contributed by atoms with Gasteiger partial charge in [-0.1, -0.05) is 47.0 Å². The average molecular weight is 904 g/mol. The number of hydrogen-bond donors (Lipinski definition) is 3. The fourth-order valence-corrected chi connectivity index (χ4v) is 8.58. The highest BCUT2D eigenvalue weighted by Crippen LogP contribution is 2.29. The number of aromatic nitrogens is 8. The third-order valence-corrected chi connectivity index (χ3v) is 12.7. The topological polar surface area (TPSA) is 232 Å². The number of pyridine rings is 2. The number of nitrogens with zero attached hydrogens (tertiary/aromatic N) is 7. The summed E-state index contributed by atoms with van der Waals surface area (Å²) in [5, 5.41) is 1.07. The number of benzene rings is 2. The van der Waals surface area contributed by atoms with Crippen molar-refractivity contribution >= 4 is 95.0 Å². The number of carbonyl (C=O) groups excluding carboxylic acids is 2. The van der Waals surface area contributed by atoms with Crippen LogP contribution in [0.4, 0.5) is 11.4 Å². The molecule has 5 heterocycles. The maximum atomic E-state index is 13.2. The zero-order chi connectivity index (χ0) is 42.9. The molecule has 0 saturated carbocycles. The second-order valence-electron chi connectivity index (χ2n) is 13.2. The van der Waals surface area contributed by atoms with Crippen molar-refractivity contribution in [1.29, 1.82) is 0 Å². The lowest BCUT2D eigenvalue weighted by Gasteiger charge is -2.13. The predicted molar refractivity (Wildman–Crippen MR) is 226 cm³/mol. The van der Waals surface area contributed by atoms with Crippen LogP contribution in [-0.2, 0) is 26.5 Å². The minimum Gasteiger partial charge on any atom is -0.341 e. The molecule has 0 radical (unpaired) electrons. The minimum absolute atomic E-state index is 0.00589. The van der Waals surface area contributed by atoms with Crippen molar-refractivity contribution in [3.8, 4) is 0 Å². The van der Waals surface area contributed by atoms with Crippen LogP contribution < -0.4 is 9.44 Å². The van der Waals surface area contributed by atoms with E-state index in [1.165, 1.54) is 79.9 Å². The van der Waals surface area contributed by atoms with Crippen molar-refractivity contribution in [2.24, 2.45) is 0 Å². The number of allylic oxidation sites excluding steroid dienone is 1. The van der Waals surface area contributed by atoms with Gasteiger partial charge in [0.1, 0.15) is 40.9 Å². The van der Waals surface area contributed by atoms with E-state index in [0.717, 1.165) is 5.69 Å². The maximum absolute atomic E-state index is 13.2. The van der Waals surface area contributed by atoms with Gasteiger partial charge < -0.3 is 4.98 Å². The lowest BCUT2D eigenvalue weighted by molar-refractivity contribution is 0.102. The fourth-order valence-electron chi connectivity index (χ4n) is 5.90. The number of aromatic amines is 1. The number of aryl methyl sites for hydroxylation is 3. The Morgan fingerprint density at radius 2 is 1.22 bits per heavy atom. The zero-order valence-electron chi connectivity index (χ0n) is 31.4. The van der Waals surface area contributed by atoms with Gasteiger partial charge in [-0.3, -0.25) is 24.0 Å². The molecule has 1 aliphatic rings. The van der Waals surface area contributed by atoms with E-state index >= 15 is 0 Å². The molecule has 60 heavy (non-hydrogen) atoms. The van der Waals surface area contributed by atoms with Gasteiger partial charge in [-0.2, -0.15) is 0 Å². The summed E-state index contributed by atoms with van der Waals surface area (Å²) < 4.78 is 56.5. The summed E-state index contributed by atoms with van der Waals surface area (Å²) in [6, 6.07) is 11.5. The molecule has 0 fully saturated rings. The molecule has 2 aromatic carbocycles. The average Bonchev–Trinajstić information content (AvgIpc) is 3.90. The number of ketones is 2. The molecule has 7 aromatic rings. The van der Waals surface area contributed by atoms with Gasteiger partial charge in [0.15, 0.2) is 5.65 Å². The standard InChI is InChI=1S/C20H14Cl2N4O3S.C19H15ClN6O3S/c1-11-7-13(5-6-15(11)22)30(28,29)26-17-8-12(21)9-23-19(17)20(27)18-14-3-2-4-16(14)24-10-25-18;1-10-5-14(26-30(28,29)12-3-4-13(20)11(2)6-12)15(21-7-10)18(27)16-17-19(24-8-22-16)25-9-23-17/h2-3,5-10,26H,4H2,1H3;3-9,26H,1-2H3,(H,22,23,24,25). The molecule has 0 aliphatic heterocycles. The Hall–Kier alpha value is -6.18. The molecule has 0 saturated heterocycles. The molecule has 1 aliphatic carbocycles. The van der Waals surface area contributed by atoms with Gasteiger partial charge in [-0.05, 0) is 86.0 Å². The fraction of sp³-hybridized carbons (Fsp3) is 0.103. The Bertz CT molecular complexity index is 3140. The van der Waals surface area contributed by atoms with E-state index in [-0.39, 0.29) is 49.0 Å². The van der Waals surface area contributed by atoms with Crippen LogP contribution in [-0.4, -0.2) is 68.3 Å². The molecule has 16 nitrogen and oxygen atoms in total. The van der Waals surface area contributed by atoms with E-state index < -0.39 is 31.6 Å². The molecule has 21 heteroatoms. The predicted octanol–water partition coefficient (Wildman–Crippen LogP) is 7.14. The number of fused-ring (bicyclic) bond motifs is 2. The molecule has 3 N–H and O–H groups in total. The molecule has 304 valence electrons. The molecule has 8 rings (SSSR count). The van der Waals surface area contributed by atoms with Crippen LogP contribution in [0.1, 0.15) is 60.3 Å². The van der Waals surface area contributed by atoms with Gasteiger partial charge in [-0.25, -0.2) is 46.7 Å². The minimum atomic E-state index is -4.03. The van der Waals surface area contributed by atoms with Crippen LogP contribution in [0.3, 0.4) is 0 Å². The number of nitrogens with one attached hydrogen (secondary N) is 3. The van der Waals surface area contributed by atoms with E-state index in [2.05, 4.69) is 49.3 Å². The number of anilines is 2. The Kier molecular flexibility index (Phi) is 11.8. The quantitative estimate of drug-likeness (QED) is 0.116. The largest absolute Gasteiger partial charge is 0.341 e. The van der Waals surface area contributed by atoms with Gasteiger partial charge in [0, 0.05) is 34.4 Å². The number of H-pyrrole nitrogens is 1. The van der Waals surface area contributed by atoms with Crippen molar-refractivity contribution in [1.82, 2.24) is 39.9 Å². The highest BCUT2D eigenvalue weighted by Gasteiger charge is 2.27.